The van der Waals surface area contributed by atoms with Gasteiger partial charge in [-0.25, -0.2) is 0 Å². The maximum atomic E-state index is 6.02. The van der Waals surface area contributed by atoms with Gasteiger partial charge in [-0.3, -0.25) is 4.99 Å². The van der Waals surface area contributed by atoms with E-state index in [9.17, 15) is 0 Å². The normalized spacial score (nSPS) is 18.9. The molecule has 2 nitrogen and oxygen atoms in total. The Balaban J connectivity index is 2.46. The van der Waals surface area contributed by atoms with Gasteiger partial charge in [-0.2, -0.15) is 0 Å². The molecule has 3 heteroatoms. The standard InChI is InChI=1S/C16H17ClN2/c1-3-5-12-9-14(6-4-2)19-15-8-7-13(17)10-16(15)18-11-12/h3-11,14,19H,1-2H3/b5-3-,6-4-,12-9?,18-11?. The monoisotopic (exact) mass is 272 g/mol. The van der Waals surface area contributed by atoms with E-state index in [1.165, 1.54) is 0 Å². The van der Waals surface area contributed by atoms with Gasteiger partial charge in [0, 0.05) is 11.2 Å². The molecule has 1 unspecified atom stereocenters. The van der Waals surface area contributed by atoms with Crippen molar-refractivity contribution in [3.05, 3.63) is 59.2 Å². The molecule has 0 radical (unpaired) electrons. The van der Waals surface area contributed by atoms with Crippen molar-refractivity contribution in [1.29, 1.82) is 0 Å². The summed E-state index contributed by atoms with van der Waals surface area (Å²) in [4.78, 5) is 4.49. The molecule has 1 heterocycles. The van der Waals surface area contributed by atoms with Crippen LogP contribution in [0.5, 0.6) is 0 Å². The Labute approximate surface area is 119 Å². The molecule has 19 heavy (non-hydrogen) atoms. The van der Waals surface area contributed by atoms with Gasteiger partial charge in [0.05, 0.1) is 17.4 Å². The second-order valence-electron chi connectivity index (χ2n) is 4.28. The Kier molecular flexibility index (Phi) is 4.58. The van der Waals surface area contributed by atoms with Crippen molar-refractivity contribution in [2.75, 3.05) is 5.32 Å². The van der Waals surface area contributed by atoms with Crippen molar-refractivity contribution in [3.63, 3.8) is 0 Å². The van der Waals surface area contributed by atoms with Crippen molar-refractivity contribution in [2.45, 2.75) is 19.9 Å². The smallest absolute Gasteiger partial charge is 0.0876 e. The van der Waals surface area contributed by atoms with E-state index >= 15 is 0 Å². The Hall–Kier alpha value is -1.80. The number of allylic oxidation sites excluding steroid dienone is 4. The van der Waals surface area contributed by atoms with E-state index in [0.717, 1.165) is 16.9 Å². The topological polar surface area (TPSA) is 24.4 Å². The van der Waals surface area contributed by atoms with Crippen LogP contribution in [0.4, 0.5) is 11.4 Å². The largest absolute Gasteiger partial charge is 0.374 e. The van der Waals surface area contributed by atoms with Crippen LogP contribution in [-0.4, -0.2) is 12.3 Å². The summed E-state index contributed by atoms with van der Waals surface area (Å²) < 4.78 is 0. The summed E-state index contributed by atoms with van der Waals surface area (Å²) in [6.45, 7) is 4.01. The minimum Gasteiger partial charge on any atom is -0.374 e. The molecule has 0 amide bonds. The molecule has 1 atom stereocenters. The van der Waals surface area contributed by atoms with Crippen molar-refractivity contribution in [3.8, 4) is 0 Å². The van der Waals surface area contributed by atoms with E-state index in [4.69, 9.17) is 11.6 Å². The molecule has 0 aromatic heterocycles. The van der Waals surface area contributed by atoms with Crippen molar-refractivity contribution in [2.24, 2.45) is 4.99 Å². The van der Waals surface area contributed by atoms with Gasteiger partial charge in [0.15, 0.2) is 0 Å². The molecule has 98 valence electrons. The molecule has 0 bridgehead atoms. The molecule has 1 aliphatic rings. The second-order valence-corrected chi connectivity index (χ2v) is 4.72. The average Bonchev–Trinajstić information content (AvgIpc) is 2.37. The Morgan fingerprint density at radius 1 is 1.26 bits per heavy atom. The van der Waals surface area contributed by atoms with E-state index in [-0.39, 0.29) is 6.04 Å². The van der Waals surface area contributed by atoms with E-state index in [2.05, 4.69) is 22.5 Å². The predicted molar refractivity (Wildman–Crippen MR) is 84.7 cm³/mol. The highest BCUT2D eigenvalue weighted by molar-refractivity contribution is 6.31. The van der Waals surface area contributed by atoms with Crippen LogP contribution in [0, 0.1) is 0 Å². The Morgan fingerprint density at radius 3 is 2.84 bits per heavy atom. The van der Waals surface area contributed by atoms with Crippen LogP contribution in [0.3, 0.4) is 0 Å². The van der Waals surface area contributed by atoms with E-state index in [0.29, 0.717) is 5.02 Å². The first-order valence-electron chi connectivity index (χ1n) is 6.30. The molecular formula is C16H17ClN2. The molecule has 1 aromatic rings. The SMILES string of the molecule is C/C=C\C1=CC(/C=C\C)Nc2ccc(Cl)cc2N=C1. The lowest BCUT2D eigenvalue weighted by atomic mass is 10.1. The summed E-state index contributed by atoms with van der Waals surface area (Å²) in [5, 5.41) is 4.14. The highest BCUT2D eigenvalue weighted by atomic mass is 35.5. The predicted octanol–water partition coefficient (Wildman–Crippen LogP) is 4.92. The Morgan fingerprint density at radius 2 is 2.11 bits per heavy atom. The summed E-state index contributed by atoms with van der Waals surface area (Å²) in [5.41, 5.74) is 2.92. The van der Waals surface area contributed by atoms with E-state index < -0.39 is 0 Å². The number of hydrogen-bond donors (Lipinski definition) is 1. The fraction of sp³-hybridized carbons (Fsp3) is 0.188. The van der Waals surface area contributed by atoms with E-state index in [1.54, 1.807) is 0 Å². The number of nitrogens with one attached hydrogen (secondary N) is 1. The van der Waals surface area contributed by atoms with Crippen LogP contribution in [0.25, 0.3) is 0 Å². The van der Waals surface area contributed by atoms with Crippen LogP contribution in [0.2, 0.25) is 5.02 Å². The fourth-order valence-electron chi connectivity index (χ4n) is 1.95. The lowest BCUT2D eigenvalue weighted by molar-refractivity contribution is 1.09. The number of anilines is 1. The molecule has 0 saturated heterocycles. The zero-order valence-corrected chi connectivity index (χ0v) is 11.9. The zero-order valence-electron chi connectivity index (χ0n) is 11.1. The Bertz CT molecular complexity index is 568. The maximum Gasteiger partial charge on any atom is 0.0876 e. The molecule has 0 fully saturated rings. The van der Waals surface area contributed by atoms with Crippen molar-refractivity contribution in [1.82, 2.24) is 0 Å². The third kappa shape index (κ3) is 3.58. The molecule has 1 N–H and O–H groups in total. The maximum absolute atomic E-state index is 6.02. The minimum absolute atomic E-state index is 0.142. The first-order valence-corrected chi connectivity index (χ1v) is 6.68. The quantitative estimate of drug-likeness (QED) is 0.760. The van der Waals surface area contributed by atoms with Gasteiger partial charge >= 0.3 is 0 Å². The number of fused-ring (bicyclic) bond motifs is 1. The van der Waals surface area contributed by atoms with Gasteiger partial charge < -0.3 is 5.32 Å². The molecule has 1 aromatic carbocycles. The lowest BCUT2D eigenvalue weighted by Crippen LogP contribution is -2.15. The summed E-state index contributed by atoms with van der Waals surface area (Å²) in [6.07, 6.45) is 12.2. The summed E-state index contributed by atoms with van der Waals surface area (Å²) in [5.74, 6) is 0. The van der Waals surface area contributed by atoms with Crippen LogP contribution in [-0.2, 0) is 0 Å². The van der Waals surface area contributed by atoms with Crippen LogP contribution < -0.4 is 5.32 Å². The molecule has 0 saturated carbocycles. The molecule has 0 spiro atoms. The highest BCUT2D eigenvalue weighted by Crippen LogP contribution is 2.30. The van der Waals surface area contributed by atoms with Gasteiger partial charge in [0.2, 0.25) is 0 Å². The van der Waals surface area contributed by atoms with Crippen molar-refractivity contribution >= 4 is 29.2 Å². The zero-order chi connectivity index (χ0) is 13.7. The third-order valence-corrected chi connectivity index (χ3v) is 3.00. The number of halogens is 1. The number of nitrogens with zero attached hydrogens (tertiary/aromatic N) is 1. The van der Waals surface area contributed by atoms with Crippen LogP contribution in [0.15, 0.2) is 59.1 Å². The van der Waals surface area contributed by atoms with E-state index in [1.807, 2.05) is 56.5 Å². The van der Waals surface area contributed by atoms with Gasteiger partial charge in [-0.05, 0) is 43.7 Å². The lowest BCUT2D eigenvalue weighted by Gasteiger charge is -2.17. The third-order valence-electron chi connectivity index (χ3n) is 2.77. The van der Waals surface area contributed by atoms with Crippen LogP contribution >= 0.6 is 11.6 Å². The fourth-order valence-corrected chi connectivity index (χ4v) is 2.12. The first kappa shape index (κ1) is 13.6. The van der Waals surface area contributed by atoms with Gasteiger partial charge in [0.25, 0.3) is 0 Å². The molecule has 0 aliphatic carbocycles. The highest BCUT2D eigenvalue weighted by Gasteiger charge is 2.09. The number of benzene rings is 1. The van der Waals surface area contributed by atoms with Gasteiger partial charge in [-0.1, -0.05) is 35.9 Å². The summed E-state index contributed by atoms with van der Waals surface area (Å²) >= 11 is 6.02. The number of aliphatic imine (C=N–C) groups is 1. The first-order chi connectivity index (χ1) is 9.22. The van der Waals surface area contributed by atoms with Gasteiger partial charge in [0.1, 0.15) is 0 Å². The summed E-state index contributed by atoms with van der Waals surface area (Å²) in [6, 6.07) is 5.84. The average molecular weight is 273 g/mol. The number of hydrogen-bond acceptors (Lipinski definition) is 2. The molecule has 1 aliphatic heterocycles. The summed E-state index contributed by atoms with van der Waals surface area (Å²) in [7, 11) is 0. The number of rotatable bonds is 2. The molecular weight excluding hydrogens is 256 g/mol. The minimum atomic E-state index is 0.142. The second kappa shape index (κ2) is 6.39. The molecule has 2 rings (SSSR count). The van der Waals surface area contributed by atoms with Crippen molar-refractivity contribution < 1.29 is 0 Å². The van der Waals surface area contributed by atoms with Crippen LogP contribution in [0.1, 0.15) is 13.8 Å². The van der Waals surface area contributed by atoms with Gasteiger partial charge in [-0.15, -0.1) is 0 Å².